The van der Waals surface area contributed by atoms with Gasteiger partial charge in [0.15, 0.2) is 0 Å². The Morgan fingerprint density at radius 3 is 2.02 bits per heavy atom. The second kappa shape index (κ2) is 9.40. The van der Waals surface area contributed by atoms with Gasteiger partial charge in [-0.3, -0.25) is 0 Å². The lowest BCUT2D eigenvalue weighted by Crippen LogP contribution is -2.29. The Balaban J connectivity index is 1.30. The molecule has 1 atom stereocenters. The summed E-state index contributed by atoms with van der Waals surface area (Å²) in [7, 11) is 0. The Morgan fingerprint density at radius 1 is 0.558 bits per heavy atom. The van der Waals surface area contributed by atoms with Crippen molar-refractivity contribution in [2.45, 2.75) is 18.3 Å². The van der Waals surface area contributed by atoms with Gasteiger partial charge in [0, 0.05) is 28.9 Å². The average molecular weight is 551 g/mol. The Bertz CT molecular complexity index is 1990. The predicted molar refractivity (Wildman–Crippen MR) is 177 cm³/mol. The van der Waals surface area contributed by atoms with Crippen molar-refractivity contribution in [1.29, 1.82) is 0 Å². The second-order valence-electron chi connectivity index (χ2n) is 11.8. The molecule has 1 N–H and O–H groups in total. The first kappa shape index (κ1) is 24.4. The van der Waals surface area contributed by atoms with Crippen LogP contribution in [0.5, 0.6) is 0 Å². The van der Waals surface area contributed by atoms with Gasteiger partial charge in [0.2, 0.25) is 0 Å². The van der Waals surface area contributed by atoms with E-state index in [-0.39, 0.29) is 5.41 Å². The van der Waals surface area contributed by atoms with Crippen molar-refractivity contribution in [3.8, 4) is 33.6 Å². The smallest absolute Gasteiger partial charge is 0.0737 e. The first-order valence-corrected chi connectivity index (χ1v) is 15.3. The van der Waals surface area contributed by atoms with Gasteiger partial charge in [0.25, 0.3) is 0 Å². The zero-order valence-electron chi connectivity index (χ0n) is 23.8. The van der Waals surface area contributed by atoms with E-state index in [4.69, 9.17) is 4.98 Å². The average Bonchev–Trinajstić information content (AvgIpc) is 3.56. The van der Waals surface area contributed by atoms with Crippen molar-refractivity contribution in [1.82, 2.24) is 10.3 Å². The van der Waals surface area contributed by atoms with Gasteiger partial charge in [0.1, 0.15) is 0 Å². The van der Waals surface area contributed by atoms with Gasteiger partial charge in [-0.15, -0.1) is 0 Å². The van der Waals surface area contributed by atoms with Crippen molar-refractivity contribution in [2.75, 3.05) is 6.54 Å². The molecule has 4 aliphatic rings. The largest absolute Gasteiger partial charge is 0.381 e. The highest BCUT2D eigenvalue weighted by Crippen LogP contribution is 2.63. The summed E-state index contributed by atoms with van der Waals surface area (Å²) in [4.78, 5) is 5.14. The third-order valence-corrected chi connectivity index (χ3v) is 9.58. The molecule has 1 spiro atoms. The molecule has 1 unspecified atom stereocenters. The normalized spacial score (nSPS) is 19.3. The minimum atomic E-state index is -0.314. The van der Waals surface area contributed by atoms with Gasteiger partial charge >= 0.3 is 0 Å². The highest BCUT2D eigenvalue weighted by molar-refractivity contribution is 5.97. The quantitative estimate of drug-likeness (QED) is 0.242. The zero-order valence-corrected chi connectivity index (χ0v) is 23.8. The standard InChI is InChI=1S/C41H30N2/c1-3-12-27(13-4-1)38-25-30(26-39(43-38)28-14-5-2-6-15-28)29-21-22-32-31-16-7-9-18-34(31)41(37(32)24-29)35-19-10-8-17-33(35)40-36(41)20-11-23-42-40/h1-6,8-15,17-22,24-26,42H,7,16,23H2. The molecule has 4 aromatic carbocycles. The zero-order chi connectivity index (χ0) is 28.4. The second-order valence-corrected chi connectivity index (χ2v) is 11.8. The first-order chi connectivity index (χ1) is 21.3. The molecule has 9 rings (SSSR count). The summed E-state index contributed by atoms with van der Waals surface area (Å²) in [5.41, 5.74) is 17.4. The van der Waals surface area contributed by atoms with E-state index < -0.39 is 0 Å². The van der Waals surface area contributed by atoms with Crippen LogP contribution in [0, 0.1) is 0 Å². The fourth-order valence-electron chi connectivity index (χ4n) is 7.77. The maximum absolute atomic E-state index is 5.14. The minimum absolute atomic E-state index is 0.314. The van der Waals surface area contributed by atoms with E-state index in [1.807, 2.05) is 0 Å². The lowest BCUT2D eigenvalue weighted by molar-refractivity contribution is 0.767. The van der Waals surface area contributed by atoms with E-state index in [9.17, 15) is 0 Å². The van der Waals surface area contributed by atoms with Crippen LogP contribution in [0.4, 0.5) is 0 Å². The Morgan fingerprint density at radius 2 is 1.26 bits per heavy atom. The van der Waals surface area contributed by atoms with Crippen LogP contribution in [0.1, 0.15) is 35.1 Å². The van der Waals surface area contributed by atoms with Crippen LogP contribution in [0.3, 0.4) is 0 Å². The van der Waals surface area contributed by atoms with E-state index in [0.29, 0.717) is 0 Å². The number of nitrogens with zero attached hydrogens (tertiary/aromatic N) is 1. The summed E-state index contributed by atoms with van der Waals surface area (Å²) < 4.78 is 0. The van der Waals surface area contributed by atoms with Crippen LogP contribution >= 0.6 is 0 Å². The molecule has 1 aromatic heterocycles. The molecule has 0 saturated heterocycles. The lowest BCUT2D eigenvalue weighted by Gasteiger charge is -2.34. The van der Waals surface area contributed by atoms with Crippen LogP contribution < -0.4 is 5.32 Å². The highest BCUT2D eigenvalue weighted by Gasteiger charge is 2.53. The molecule has 2 heteroatoms. The number of benzene rings is 4. The van der Waals surface area contributed by atoms with Gasteiger partial charge in [-0.05, 0) is 75.6 Å². The van der Waals surface area contributed by atoms with E-state index in [0.717, 1.165) is 41.9 Å². The van der Waals surface area contributed by atoms with Crippen LogP contribution in [0.25, 0.3) is 44.9 Å². The van der Waals surface area contributed by atoms with E-state index in [1.54, 1.807) is 0 Å². The number of aromatic nitrogens is 1. The number of fused-ring (bicyclic) bond motifs is 8. The number of allylic oxidation sites excluding steroid dienone is 6. The van der Waals surface area contributed by atoms with Gasteiger partial charge in [-0.25, -0.2) is 4.98 Å². The maximum atomic E-state index is 5.14. The molecule has 0 fully saturated rings. The Kier molecular flexibility index (Phi) is 5.34. The molecule has 5 aromatic rings. The number of hydrogen-bond acceptors (Lipinski definition) is 2. The molecule has 43 heavy (non-hydrogen) atoms. The number of nitrogens with one attached hydrogen (secondary N) is 1. The number of dihydropyridines is 1. The van der Waals surface area contributed by atoms with E-state index in [1.165, 1.54) is 55.8 Å². The van der Waals surface area contributed by atoms with Crippen molar-refractivity contribution in [3.63, 3.8) is 0 Å². The molecule has 0 bridgehead atoms. The molecule has 0 saturated carbocycles. The number of hydrogen-bond donors (Lipinski definition) is 1. The summed E-state index contributed by atoms with van der Waals surface area (Å²) in [6, 6.07) is 41.8. The fraction of sp³-hybridized carbons (Fsp3) is 0.0976. The summed E-state index contributed by atoms with van der Waals surface area (Å²) in [6.45, 7) is 0.861. The van der Waals surface area contributed by atoms with Crippen molar-refractivity contribution < 1.29 is 0 Å². The summed E-state index contributed by atoms with van der Waals surface area (Å²) in [5, 5.41) is 3.75. The summed E-state index contributed by atoms with van der Waals surface area (Å²) >= 11 is 0. The minimum Gasteiger partial charge on any atom is -0.381 e. The van der Waals surface area contributed by atoms with Crippen molar-refractivity contribution in [3.05, 3.63) is 173 Å². The van der Waals surface area contributed by atoms with Crippen molar-refractivity contribution in [2.24, 2.45) is 0 Å². The number of rotatable bonds is 3. The molecule has 3 aliphatic carbocycles. The maximum Gasteiger partial charge on any atom is 0.0737 e. The van der Waals surface area contributed by atoms with Crippen LogP contribution in [0.2, 0.25) is 0 Å². The highest BCUT2D eigenvalue weighted by atomic mass is 14.9. The Labute approximate surface area is 252 Å². The predicted octanol–water partition coefficient (Wildman–Crippen LogP) is 9.37. The van der Waals surface area contributed by atoms with Crippen LogP contribution in [-0.4, -0.2) is 11.5 Å². The summed E-state index contributed by atoms with van der Waals surface area (Å²) in [5.74, 6) is 0. The van der Waals surface area contributed by atoms with E-state index in [2.05, 4.69) is 145 Å². The topological polar surface area (TPSA) is 24.9 Å². The third-order valence-electron chi connectivity index (χ3n) is 9.58. The molecule has 2 nitrogen and oxygen atoms in total. The van der Waals surface area contributed by atoms with Gasteiger partial charge < -0.3 is 5.32 Å². The van der Waals surface area contributed by atoms with Gasteiger partial charge in [-0.1, -0.05) is 121 Å². The third kappa shape index (κ3) is 3.50. The van der Waals surface area contributed by atoms with Gasteiger partial charge in [0.05, 0.1) is 16.8 Å². The molecule has 2 heterocycles. The number of pyridine rings is 1. The molecule has 0 amide bonds. The van der Waals surface area contributed by atoms with Crippen LogP contribution in [0.15, 0.2) is 151 Å². The first-order valence-electron chi connectivity index (χ1n) is 15.3. The molecular formula is C41H30N2. The Hall–Kier alpha value is -5.21. The fourth-order valence-corrected chi connectivity index (χ4v) is 7.77. The van der Waals surface area contributed by atoms with Crippen LogP contribution in [-0.2, 0) is 5.41 Å². The molecule has 1 aliphatic heterocycles. The molecule has 204 valence electrons. The summed E-state index contributed by atoms with van der Waals surface area (Å²) in [6.07, 6.45) is 11.6. The van der Waals surface area contributed by atoms with E-state index >= 15 is 0 Å². The SMILES string of the molecule is C1=CC2=C(CC1)c1ccc(-c3cc(-c4ccccc4)nc(-c4ccccc4)c3)cc1C21C2=C(NCC=C2)c2ccccc21. The lowest BCUT2D eigenvalue weighted by atomic mass is 9.67. The molecule has 0 radical (unpaired) electrons. The molecular weight excluding hydrogens is 520 g/mol. The monoisotopic (exact) mass is 550 g/mol. The van der Waals surface area contributed by atoms with Crippen molar-refractivity contribution >= 4 is 11.3 Å². The van der Waals surface area contributed by atoms with Gasteiger partial charge in [-0.2, -0.15) is 0 Å².